The Morgan fingerprint density at radius 3 is 2.38 bits per heavy atom. The monoisotopic (exact) mass is 415 g/mol. The molecule has 0 amide bonds. The molecule has 0 saturated heterocycles. The molecule has 2 heterocycles. The van der Waals surface area contributed by atoms with Crippen LogP contribution in [0.5, 0.6) is 0 Å². The molecule has 0 aliphatic rings. The van der Waals surface area contributed by atoms with Crippen LogP contribution in [0, 0.1) is 0 Å². The third-order valence-corrected chi connectivity index (χ3v) is 6.38. The van der Waals surface area contributed by atoms with Gasteiger partial charge in [0.1, 0.15) is 10.0 Å². The van der Waals surface area contributed by atoms with E-state index >= 15 is 0 Å². The Morgan fingerprint density at radius 1 is 0.931 bits per heavy atom. The van der Waals surface area contributed by atoms with Gasteiger partial charge >= 0.3 is 0 Å². The number of nitrogens with zero attached hydrogens (tertiary/aromatic N) is 2. The summed E-state index contributed by atoms with van der Waals surface area (Å²) in [6, 6.07) is 16.8. The van der Waals surface area contributed by atoms with Crippen molar-refractivity contribution in [1.29, 1.82) is 0 Å². The summed E-state index contributed by atoms with van der Waals surface area (Å²) in [5.41, 5.74) is 12.9. The maximum atomic E-state index is 5.69. The Balaban J connectivity index is 1.63. The maximum Gasteiger partial charge on any atom is 0.124 e. The van der Waals surface area contributed by atoms with E-state index in [9.17, 15) is 0 Å². The van der Waals surface area contributed by atoms with E-state index in [0.717, 1.165) is 50.1 Å². The number of hydrogen-bond donors (Lipinski definition) is 1. The zero-order chi connectivity index (χ0) is 20.2. The van der Waals surface area contributed by atoms with Crippen molar-refractivity contribution >= 4 is 28.2 Å². The van der Waals surface area contributed by atoms with Crippen molar-refractivity contribution in [2.45, 2.75) is 6.42 Å². The van der Waals surface area contributed by atoms with E-state index in [1.807, 2.05) is 5.38 Å². The highest BCUT2D eigenvalue weighted by Gasteiger charge is 2.11. The summed E-state index contributed by atoms with van der Waals surface area (Å²) >= 11 is 3.27. The number of rotatable bonds is 7. The van der Waals surface area contributed by atoms with E-state index in [2.05, 4.69) is 72.1 Å². The van der Waals surface area contributed by atoms with Gasteiger partial charge in [0.25, 0.3) is 0 Å². The molecule has 0 atom stereocenters. The van der Waals surface area contributed by atoms with Crippen LogP contribution in [0.15, 0.2) is 78.5 Å². The predicted octanol–water partition coefficient (Wildman–Crippen LogP) is 6.30. The molecule has 5 heteroatoms. The minimum Gasteiger partial charge on any atom is -0.330 e. The zero-order valence-corrected chi connectivity index (χ0v) is 17.6. The molecule has 4 rings (SSSR count). The smallest absolute Gasteiger partial charge is 0.124 e. The highest BCUT2D eigenvalue weighted by molar-refractivity contribution is 7.13. The molecule has 0 aliphatic carbocycles. The lowest BCUT2D eigenvalue weighted by atomic mass is 10.1. The van der Waals surface area contributed by atoms with Gasteiger partial charge in [0, 0.05) is 27.5 Å². The van der Waals surface area contributed by atoms with Gasteiger partial charge in [-0.15, -0.1) is 22.7 Å². The molecule has 29 heavy (non-hydrogen) atoms. The lowest BCUT2D eigenvalue weighted by Gasteiger charge is -2.02. The van der Waals surface area contributed by atoms with Gasteiger partial charge in [-0.1, -0.05) is 55.6 Å². The summed E-state index contributed by atoms with van der Waals surface area (Å²) in [5.74, 6) is 0. The lowest BCUT2D eigenvalue weighted by molar-refractivity contribution is 0.969. The highest BCUT2D eigenvalue weighted by atomic mass is 32.1. The first kappa shape index (κ1) is 19.5. The molecule has 2 aromatic carbocycles. The number of thiazole rings is 2. The summed E-state index contributed by atoms with van der Waals surface area (Å²) in [6.45, 7) is 8.39. The minimum atomic E-state index is 0.650. The molecule has 0 aliphatic heterocycles. The van der Waals surface area contributed by atoms with Crippen molar-refractivity contribution < 1.29 is 0 Å². The molecule has 2 N–H and O–H groups in total. The van der Waals surface area contributed by atoms with Crippen LogP contribution in [-0.2, 0) is 6.42 Å². The fraction of sp³-hybridized carbons (Fsp3) is 0.0833. The van der Waals surface area contributed by atoms with Crippen molar-refractivity contribution in [3.63, 3.8) is 0 Å². The molecular formula is C24H21N3S2. The van der Waals surface area contributed by atoms with E-state index in [1.165, 1.54) is 5.56 Å². The first-order valence-corrected chi connectivity index (χ1v) is 11.1. The molecule has 0 radical (unpaired) electrons. The summed E-state index contributed by atoms with van der Waals surface area (Å²) < 4.78 is 0. The van der Waals surface area contributed by atoms with Crippen molar-refractivity contribution in [1.82, 2.24) is 9.97 Å². The van der Waals surface area contributed by atoms with Crippen LogP contribution in [-0.4, -0.2) is 16.5 Å². The van der Waals surface area contributed by atoms with Crippen LogP contribution < -0.4 is 5.73 Å². The molecule has 144 valence electrons. The van der Waals surface area contributed by atoms with Gasteiger partial charge in [-0.05, 0) is 36.2 Å². The molecule has 4 aromatic rings. The number of benzene rings is 2. The number of nitrogens with two attached hydrogens (primary N) is 1. The van der Waals surface area contributed by atoms with Crippen LogP contribution in [0.3, 0.4) is 0 Å². The van der Waals surface area contributed by atoms with E-state index in [-0.39, 0.29) is 0 Å². The van der Waals surface area contributed by atoms with Gasteiger partial charge in [0.05, 0.1) is 11.4 Å². The second-order valence-corrected chi connectivity index (χ2v) is 8.34. The van der Waals surface area contributed by atoms with E-state index in [0.29, 0.717) is 6.54 Å². The zero-order valence-electron chi connectivity index (χ0n) is 16.0. The molecule has 0 unspecified atom stereocenters. The summed E-state index contributed by atoms with van der Waals surface area (Å²) in [6.07, 6.45) is 2.61. The van der Waals surface area contributed by atoms with Gasteiger partial charge in [0.15, 0.2) is 0 Å². The van der Waals surface area contributed by atoms with E-state index in [4.69, 9.17) is 10.7 Å². The fourth-order valence-electron chi connectivity index (χ4n) is 3.04. The second kappa shape index (κ2) is 8.66. The normalized spacial score (nSPS) is 10.8. The van der Waals surface area contributed by atoms with Gasteiger partial charge < -0.3 is 5.73 Å². The Morgan fingerprint density at radius 2 is 1.62 bits per heavy atom. The van der Waals surface area contributed by atoms with Crippen molar-refractivity contribution in [3.05, 3.63) is 89.8 Å². The molecule has 0 fully saturated rings. The standard InChI is InChI=1S/C24H21N3S2/c1-3-16(2)21-14-28-23(26-21)19-8-5-9-20(13-19)24-27-22(15-29-24)18-7-4-6-17(12-18)10-11-25/h3-9,12-15H,1-2,10-11,25H2. The van der Waals surface area contributed by atoms with E-state index < -0.39 is 0 Å². The molecular weight excluding hydrogens is 394 g/mol. The summed E-state index contributed by atoms with van der Waals surface area (Å²) in [4.78, 5) is 9.56. The highest BCUT2D eigenvalue weighted by Crippen LogP contribution is 2.33. The first-order valence-electron chi connectivity index (χ1n) is 9.31. The van der Waals surface area contributed by atoms with Crippen LogP contribution in [0.2, 0.25) is 0 Å². The van der Waals surface area contributed by atoms with Gasteiger partial charge in [-0.3, -0.25) is 0 Å². The third kappa shape index (κ3) is 4.27. The Labute approximate surface area is 178 Å². The molecule has 0 saturated carbocycles. The lowest BCUT2D eigenvalue weighted by Crippen LogP contribution is -2.02. The largest absolute Gasteiger partial charge is 0.330 e. The van der Waals surface area contributed by atoms with Crippen molar-refractivity contribution in [2.75, 3.05) is 6.54 Å². The molecule has 0 bridgehead atoms. The number of hydrogen-bond acceptors (Lipinski definition) is 5. The molecule has 2 aromatic heterocycles. The summed E-state index contributed by atoms with van der Waals surface area (Å²) in [5, 5.41) is 6.09. The topological polar surface area (TPSA) is 51.8 Å². The van der Waals surface area contributed by atoms with Gasteiger partial charge in [-0.25, -0.2) is 9.97 Å². The second-order valence-electron chi connectivity index (χ2n) is 6.63. The Hall–Kier alpha value is -2.86. The fourth-order valence-corrected chi connectivity index (χ4v) is 4.70. The number of allylic oxidation sites excluding steroid dienone is 2. The SMILES string of the molecule is C=CC(=C)c1csc(-c2cccc(-c3nc(-c4cccc(CCN)c4)cs3)c2)n1. The quantitative estimate of drug-likeness (QED) is 0.360. The predicted molar refractivity (Wildman–Crippen MR) is 126 cm³/mol. The van der Waals surface area contributed by atoms with Crippen LogP contribution >= 0.6 is 22.7 Å². The average Bonchev–Trinajstić information content (AvgIpc) is 3.44. The van der Waals surface area contributed by atoms with E-state index in [1.54, 1.807) is 28.7 Å². The van der Waals surface area contributed by atoms with Gasteiger partial charge in [-0.2, -0.15) is 0 Å². The Kier molecular flexibility index (Phi) is 5.81. The van der Waals surface area contributed by atoms with Gasteiger partial charge in [0.2, 0.25) is 0 Å². The third-order valence-electron chi connectivity index (χ3n) is 4.60. The minimum absolute atomic E-state index is 0.650. The molecule has 0 spiro atoms. The number of aromatic nitrogens is 2. The average molecular weight is 416 g/mol. The van der Waals surface area contributed by atoms with Crippen LogP contribution in [0.4, 0.5) is 0 Å². The Bertz CT molecular complexity index is 1170. The summed E-state index contributed by atoms with van der Waals surface area (Å²) in [7, 11) is 0. The van der Waals surface area contributed by atoms with Crippen LogP contribution in [0.1, 0.15) is 11.3 Å². The van der Waals surface area contributed by atoms with Crippen LogP contribution in [0.25, 0.3) is 38.0 Å². The maximum absolute atomic E-state index is 5.69. The first-order chi connectivity index (χ1) is 14.2. The van der Waals surface area contributed by atoms with Crippen molar-refractivity contribution in [3.8, 4) is 32.4 Å². The molecule has 3 nitrogen and oxygen atoms in total. The van der Waals surface area contributed by atoms with Crippen molar-refractivity contribution in [2.24, 2.45) is 5.73 Å².